The molecule has 0 bridgehead atoms. The van der Waals surface area contributed by atoms with Crippen LogP contribution < -0.4 is 0 Å². The maximum atomic E-state index is 5.10. The first kappa shape index (κ1) is 6.89. The molecule has 11 heavy (non-hydrogen) atoms. The molecule has 0 N–H and O–H groups in total. The minimum absolute atomic E-state index is 0.701. The van der Waals surface area contributed by atoms with Crippen LogP contribution in [0, 0.1) is 13.8 Å². The van der Waals surface area contributed by atoms with Crippen molar-refractivity contribution in [3.05, 3.63) is 17.0 Å². The Bertz CT molecular complexity index is 261. The molecule has 0 aliphatic heterocycles. The van der Waals surface area contributed by atoms with E-state index < -0.39 is 0 Å². The van der Waals surface area contributed by atoms with Gasteiger partial charge in [0.25, 0.3) is 0 Å². The van der Waals surface area contributed by atoms with Gasteiger partial charge in [-0.15, -0.1) is 0 Å². The first-order valence-electron chi connectivity index (χ1n) is 4.22. The van der Waals surface area contributed by atoms with Crippen molar-refractivity contribution in [2.45, 2.75) is 39.0 Å². The summed E-state index contributed by atoms with van der Waals surface area (Å²) in [4.78, 5) is 0. The first-order valence-corrected chi connectivity index (χ1v) is 4.22. The van der Waals surface area contributed by atoms with Gasteiger partial charge in [-0.1, -0.05) is 11.6 Å². The zero-order valence-electron chi connectivity index (χ0n) is 7.05. The van der Waals surface area contributed by atoms with E-state index in [9.17, 15) is 0 Å². The lowest BCUT2D eigenvalue weighted by molar-refractivity contribution is 0.354. The van der Waals surface area contributed by atoms with Crippen LogP contribution in [0.25, 0.3) is 0 Å². The summed E-state index contributed by atoms with van der Waals surface area (Å²) >= 11 is 0. The van der Waals surface area contributed by atoms with Gasteiger partial charge in [0.05, 0.1) is 5.69 Å². The van der Waals surface area contributed by atoms with Crippen LogP contribution in [0.5, 0.6) is 0 Å². The summed E-state index contributed by atoms with van der Waals surface area (Å²) in [6, 6.07) is 0. The average Bonchev–Trinajstić information content (AvgIpc) is 2.15. The van der Waals surface area contributed by atoms with Gasteiger partial charge in [0, 0.05) is 11.5 Å². The molecule has 1 fully saturated rings. The van der Waals surface area contributed by atoms with E-state index in [1.54, 1.807) is 0 Å². The molecule has 0 amide bonds. The van der Waals surface area contributed by atoms with Crippen LogP contribution in [0.1, 0.15) is 42.2 Å². The SMILES string of the molecule is Cc1onc(C2CCC2)c1C. The number of rotatable bonds is 1. The smallest absolute Gasteiger partial charge is 0.136 e. The van der Waals surface area contributed by atoms with Crippen molar-refractivity contribution in [1.82, 2.24) is 5.16 Å². The van der Waals surface area contributed by atoms with E-state index >= 15 is 0 Å². The molecule has 1 aliphatic carbocycles. The Morgan fingerprint density at radius 2 is 2.09 bits per heavy atom. The Balaban J connectivity index is 2.29. The Labute approximate surface area is 66.6 Å². The predicted octanol–water partition coefficient (Wildman–Crippen LogP) is 2.56. The fourth-order valence-corrected chi connectivity index (χ4v) is 1.50. The molecule has 0 radical (unpaired) electrons. The van der Waals surface area contributed by atoms with E-state index in [1.807, 2.05) is 6.92 Å². The van der Waals surface area contributed by atoms with Crippen molar-refractivity contribution in [3.8, 4) is 0 Å². The first-order chi connectivity index (χ1) is 5.29. The summed E-state index contributed by atoms with van der Waals surface area (Å²) in [5, 5.41) is 4.06. The molecule has 2 rings (SSSR count). The van der Waals surface area contributed by atoms with Gasteiger partial charge in [-0.2, -0.15) is 0 Å². The van der Waals surface area contributed by atoms with Crippen LogP contribution in [-0.4, -0.2) is 5.16 Å². The van der Waals surface area contributed by atoms with E-state index in [2.05, 4.69) is 12.1 Å². The summed E-state index contributed by atoms with van der Waals surface area (Å²) in [5.74, 6) is 1.68. The molecule has 0 saturated heterocycles. The summed E-state index contributed by atoms with van der Waals surface area (Å²) in [6.45, 7) is 4.07. The lowest BCUT2D eigenvalue weighted by Crippen LogP contribution is -2.10. The van der Waals surface area contributed by atoms with E-state index in [0.717, 1.165) is 5.76 Å². The predicted molar refractivity (Wildman–Crippen MR) is 42.6 cm³/mol. The number of nitrogens with zero attached hydrogens (tertiary/aromatic N) is 1. The zero-order chi connectivity index (χ0) is 7.84. The fourth-order valence-electron chi connectivity index (χ4n) is 1.50. The second-order valence-corrected chi connectivity index (χ2v) is 3.38. The number of aromatic nitrogens is 1. The standard InChI is InChI=1S/C9H13NO/c1-6-7(2)11-10-9(6)8-4-3-5-8/h8H,3-5H2,1-2H3. The van der Waals surface area contributed by atoms with Crippen molar-refractivity contribution in [2.75, 3.05) is 0 Å². The molecule has 1 saturated carbocycles. The Kier molecular flexibility index (Phi) is 1.48. The Hall–Kier alpha value is -0.790. The average molecular weight is 151 g/mol. The maximum absolute atomic E-state index is 5.10. The minimum atomic E-state index is 0.701. The van der Waals surface area contributed by atoms with Crippen LogP contribution in [0.2, 0.25) is 0 Å². The summed E-state index contributed by atoms with van der Waals surface area (Å²) in [7, 11) is 0. The lowest BCUT2D eigenvalue weighted by atomic mass is 9.81. The molecule has 0 aromatic carbocycles. The molecule has 0 spiro atoms. The molecule has 60 valence electrons. The second-order valence-electron chi connectivity index (χ2n) is 3.38. The van der Waals surface area contributed by atoms with Crippen LogP contribution in [-0.2, 0) is 0 Å². The molecule has 1 aromatic heterocycles. The summed E-state index contributed by atoms with van der Waals surface area (Å²) in [6.07, 6.45) is 3.95. The van der Waals surface area contributed by atoms with Gasteiger partial charge in [0.2, 0.25) is 0 Å². The van der Waals surface area contributed by atoms with Gasteiger partial charge in [0.1, 0.15) is 5.76 Å². The molecular formula is C9H13NO. The van der Waals surface area contributed by atoms with Gasteiger partial charge in [-0.3, -0.25) is 0 Å². The summed E-state index contributed by atoms with van der Waals surface area (Å²) < 4.78 is 5.10. The van der Waals surface area contributed by atoms with Crippen LogP contribution in [0.3, 0.4) is 0 Å². The van der Waals surface area contributed by atoms with E-state index in [1.165, 1.54) is 30.5 Å². The Morgan fingerprint density at radius 3 is 2.45 bits per heavy atom. The van der Waals surface area contributed by atoms with Crippen LogP contribution in [0.4, 0.5) is 0 Å². The molecule has 1 aliphatic rings. The third-order valence-corrected chi connectivity index (χ3v) is 2.69. The van der Waals surface area contributed by atoms with Gasteiger partial charge >= 0.3 is 0 Å². The highest BCUT2D eigenvalue weighted by Crippen LogP contribution is 2.37. The monoisotopic (exact) mass is 151 g/mol. The highest BCUT2D eigenvalue weighted by Gasteiger charge is 2.24. The highest BCUT2D eigenvalue weighted by atomic mass is 16.5. The molecule has 1 heterocycles. The van der Waals surface area contributed by atoms with Crippen molar-refractivity contribution >= 4 is 0 Å². The van der Waals surface area contributed by atoms with Crippen LogP contribution in [0.15, 0.2) is 4.52 Å². The Morgan fingerprint density at radius 1 is 1.36 bits per heavy atom. The minimum Gasteiger partial charge on any atom is -0.361 e. The quantitative estimate of drug-likeness (QED) is 0.616. The molecule has 2 heteroatoms. The molecule has 0 unspecified atom stereocenters. The molecule has 1 aromatic rings. The van der Waals surface area contributed by atoms with Crippen LogP contribution >= 0.6 is 0 Å². The third kappa shape index (κ3) is 0.971. The summed E-state index contributed by atoms with van der Waals surface area (Å²) in [5.41, 5.74) is 2.46. The van der Waals surface area contributed by atoms with Crippen molar-refractivity contribution in [1.29, 1.82) is 0 Å². The molecule has 2 nitrogen and oxygen atoms in total. The van der Waals surface area contributed by atoms with Crippen molar-refractivity contribution in [3.63, 3.8) is 0 Å². The maximum Gasteiger partial charge on any atom is 0.136 e. The van der Waals surface area contributed by atoms with E-state index in [0.29, 0.717) is 5.92 Å². The fraction of sp³-hybridized carbons (Fsp3) is 0.667. The molecular weight excluding hydrogens is 138 g/mol. The van der Waals surface area contributed by atoms with E-state index in [4.69, 9.17) is 4.52 Å². The van der Waals surface area contributed by atoms with E-state index in [-0.39, 0.29) is 0 Å². The lowest BCUT2D eigenvalue weighted by Gasteiger charge is -2.23. The number of hydrogen-bond donors (Lipinski definition) is 0. The number of aryl methyl sites for hydroxylation is 1. The zero-order valence-corrected chi connectivity index (χ0v) is 7.05. The topological polar surface area (TPSA) is 26.0 Å². The van der Waals surface area contributed by atoms with Gasteiger partial charge in [-0.05, 0) is 26.7 Å². The number of hydrogen-bond acceptors (Lipinski definition) is 2. The van der Waals surface area contributed by atoms with Crippen molar-refractivity contribution < 1.29 is 4.52 Å². The van der Waals surface area contributed by atoms with Gasteiger partial charge < -0.3 is 4.52 Å². The largest absolute Gasteiger partial charge is 0.361 e. The van der Waals surface area contributed by atoms with Gasteiger partial charge in [0.15, 0.2) is 0 Å². The van der Waals surface area contributed by atoms with Crippen molar-refractivity contribution in [2.24, 2.45) is 0 Å². The van der Waals surface area contributed by atoms with Gasteiger partial charge in [-0.25, -0.2) is 0 Å². The second kappa shape index (κ2) is 2.36. The third-order valence-electron chi connectivity index (χ3n) is 2.69. The normalized spacial score (nSPS) is 18.4. The highest BCUT2D eigenvalue weighted by molar-refractivity contribution is 5.24. The molecule has 0 atom stereocenters.